The van der Waals surface area contributed by atoms with Gasteiger partial charge >= 0.3 is 12.0 Å². The van der Waals surface area contributed by atoms with Crippen molar-refractivity contribution in [3.05, 3.63) is 42.1 Å². The maximum atomic E-state index is 11.9. The molecule has 1 aromatic carbocycles. The van der Waals surface area contributed by atoms with Crippen molar-refractivity contribution >= 4 is 34.9 Å². The van der Waals surface area contributed by atoms with E-state index in [0.717, 1.165) is 16.5 Å². The van der Waals surface area contributed by atoms with Crippen LogP contribution in [0.25, 0.3) is 17.0 Å². The third-order valence-electron chi connectivity index (χ3n) is 3.77. The maximum absolute atomic E-state index is 11.9. The molecule has 3 amide bonds. The van der Waals surface area contributed by atoms with Gasteiger partial charge in [0.2, 0.25) is 0 Å². The maximum Gasteiger partial charge on any atom is 0.331 e. The number of ether oxygens (including phenoxy) is 1. The van der Waals surface area contributed by atoms with Crippen molar-refractivity contribution in [3.8, 4) is 6.07 Å². The standard InChI is InChI=1S/C21H24N4O4/c1-21(2,3)24-20(28)23-18(26)14-29-19(27)10-9-15-13-25(12-6-11-22)17-8-5-4-7-16(15)17/h4-5,7-10,13H,6,12,14H2,1-3H3,(H2,23,24,26,28)/b10-9+. The van der Waals surface area contributed by atoms with Crippen molar-refractivity contribution in [1.82, 2.24) is 15.2 Å². The van der Waals surface area contributed by atoms with Gasteiger partial charge in [-0.25, -0.2) is 9.59 Å². The lowest BCUT2D eigenvalue weighted by molar-refractivity contribution is -0.143. The van der Waals surface area contributed by atoms with Gasteiger partial charge in [-0.15, -0.1) is 0 Å². The summed E-state index contributed by atoms with van der Waals surface area (Å²) in [7, 11) is 0. The summed E-state index contributed by atoms with van der Waals surface area (Å²) in [5, 5.41) is 14.4. The summed E-state index contributed by atoms with van der Waals surface area (Å²) in [6.45, 7) is 5.31. The molecule has 0 aliphatic rings. The van der Waals surface area contributed by atoms with Gasteiger partial charge < -0.3 is 14.6 Å². The Morgan fingerprint density at radius 3 is 2.66 bits per heavy atom. The number of aromatic nitrogens is 1. The lowest BCUT2D eigenvalue weighted by Crippen LogP contribution is -2.49. The molecule has 0 aliphatic heterocycles. The van der Waals surface area contributed by atoms with Gasteiger partial charge in [-0.2, -0.15) is 5.26 Å². The minimum absolute atomic E-state index is 0.377. The van der Waals surface area contributed by atoms with E-state index in [-0.39, 0.29) is 0 Å². The van der Waals surface area contributed by atoms with Crippen molar-refractivity contribution in [2.75, 3.05) is 6.61 Å². The molecule has 0 bridgehead atoms. The number of urea groups is 1. The number of amides is 3. The van der Waals surface area contributed by atoms with Crippen LogP contribution in [0.5, 0.6) is 0 Å². The zero-order chi connectivity index (χ0) is 21.4. The summed E-state index contributed by atoms with van der Waals surface area (Å²) in [5.74, 6) is -1.42. The van der Waals surface area contributed by atoms with E-state index in [1.165, 1.54) is 6.08 Å². The van der Waals surface area contributed by atoms with Crippen LogP contribution in [0.2, 0.25) is 0 Å². The number of rotatable bonds is 6. The van der Waals surface area contributed by atoms with Crippen LogP contribution in [0.3, 0.4) is 0 Å². The molecule has 0 atom stereocenters. The highest BCUT2D eigenvalue weighted by molar-refractivity contribution is 5.97. The summed E-state index contributed by atoms with van der Waals surface area (Å²) in [5.41, 5.74) is 1.26. The molecule has 29 heavy (non-hydrogen) atoms. The monoisotopic (exact) mass is 396 g/mol. The average Bonchev–Trinajstić information content (AvgIpc) is 2.99. The summed E-state index contributed by atoms with van der Waals surface area (Å²) in [4.78, 5) is 35.2. The van der Waals surface area contributed by atoms with Crippen LogP contribution in [-0.2, 0) is 20.9 Å². The number of esters is 1. The number of benzene rings is 1. The highest BCUT2D eigenvalue weighted by Crippen LogP contribution is 2.22. The van der Waals surface area contributed by atoms with E-state index in [1.54, 1.807) is 26.8 Å². The number of imide groups is 1. The molecule has 0 aliphatic carbocycles. The van der Waals surface area contributed by atoms with Crippen molar-refractivity contribution < 1.29 is 19.1 Å². The highest BCUT2D eigenvalue weighted by Gasteiger charge is 2.16. The van der Waals surface area contributed by atoms with Crippen LogP contribution in [-0.4, -0.2) is 34.6 Å². The molecule has 0 saturated carbocycles. The third-order valence-corrected chi connectivity index (χ3v) is 3.77. The predicted molar refractivity (Wildman–Crippen MR) is 109 cm³/mol. The van der Waals surface area contributed by atoms with Gasteiger partial charge in [0.05, 0.1) is 12.5 Å². The van der Waals surface area contributed by atoms with Crippen LogP contribution >= 0.6 is 0 Å². The molecule has 1 heterocycles. The Kier molecular flexibility index (Phi) is 7.15. The fraction of sp³-hybridized carbons (Fsp3) is 0.333. The summed E-state index contributed by atoms with van der Waals surface area (Å²) < 4.78 is 6.82. The second kappa shape index (κ2) is 9.55. The topological polar surface area (TPSA) is 113 Å². The molecule has 2 rings (SSSR count). The number of para-hydroxylation sites is 1. The van der Waals surface area contributed by atoms with Gasteiger partial charge in [-0.3, -0.25) is 10.1 Å². The fourth-order valence-corrected chi connectivity index (χ4v) is 2.64. The number of hydrogen-bond donors (Lipinski definition) is 2. The molecule has 2 N–H and O–H groups in total. The first-order valence-corrected chi connectivity index (χ1v) is 9.11. The molecule has 0 radical (unpaired) electrons. The van der Waals surface area contributed by atoms with Crippen LogP contribution in [0.1, 0.15) is 32.8 Å². The van der Waals surface area contributed by atoms with E-state index in [4.69, 9.17) is 10.00 Å². The summed E-state index contributed by atoms with van der Waals surface area (Å²) in [6, 6.07) is 9.11. The molecular weight excluding hydrogens is 372 g/mol. The first-order chi connectivity index (χ1) is 13.7. The Morgan fingerprint density at radius 1 is 1.24 bits per heavy atom. The molecule has 8 nitrogen and oxygen atoms in total. The molecule has 8 heteroatoms. The SMILES string of the molecule is CC(C)(C)NC(=O)NC(=O)COC(=O)/C=C/c1cn(CCC#N)c2ccccc12. The van der Waals surface area contributed by atoms with E-state index in [9.17, 15) is 14.4 Å². The molecule has 0 unspecified atom stereocenters. The largest absolute Gasteiger partial charge is 0.452 e. The van der Waals surface area contributed by atoms with Crippen molar-refractivity contribution in [2.45, 2.75) is 39.3 Å². The molecule has 1 aromatic heterocycles. The Bertz CT molecular complexity index is 977. The third kappa shape index (κ3) is 6.81. The van der Waals surface area contributed by atoms with Crippen molar-refractivity contribution in [2.24, 2.45) is 0 Å². The van der Waals surface area contributed by atoms with Gasteiger partial charge in [-0.05, 0) is 32.9 Å². The van der Waals surface area contributed by atoms with Gasteiger partial charge in [0.25, 0.3) is 5.91 Å². The lowest BCUT2D eigenvalue weighted by atomic mass is 10.1. The zero-order valence-corrected chi connectivity index (χ0v) is 16.7. The van der Waals surface area contributed by atoms with E-state index in [0.29, 0.717) is 13.0 Å². The molecule has 152 valence electrons. The first kappa shape index (κ1) is 21.7. The molecule has 2 aromatic rings. The Labute approximate surface area is 169 Å². The van der Waals surface area contributed by atoms with E-state index in [1.807, 2.05) is 35.0 Å². The number of nitrogens with one attached hydrogen (secondary N) is 2. The predicted octanol–water partition coefficient (Wildman–Crippen LogP) is 2.74. The summed E-state index contributed by atoms with van der Waals surface area (Å²) in [6.07, 6.45) is 5.05. The second-order valence-corrected chi connectivity index (χ2v) is 7.40. The van der Waals surface area contributed by atoms with Gasteiger partial charge in [0.1, 0.15) is 0 Å². The minimum atomic E-state index is -0.721. The first-order valence-electron chi connectivity index (χ1n) is 9.11. The minimum Gasteiger partial charge on any atom is -0.452 e. The van der Waals surface area contributed by atoms with Gasteiger partial charge in [0.15, 0.2) is 6.61 Å². The average molecular weight is 396 g/mol. The normalized spacial score (nSPS) is 11.2. The summed E-state index contributed by atoms with van der Waals surface area (Å²) >= 11 is 0. The van der Waals surface area contributed by atoms with E-state index in [2.05, 4.69) is 16.7 Å². The van der Waals surface area contributed by atoms with Gasteiger partial charge in [-0.1, -0.05) is 18.2 Å². The number of nitrogens with zero attached hydrogens (tertiary/aromatic N) is 2. The molecule has 0 fully saturated rings. The van der Waals surface area contributed by atoms with Crippen molar-refractivity contribution in [3.63, 3.8) is 0 Å². The molecule has 0 saturated heterocycles. The number of carbonyl (C=O) groups is 3. The fourth-order valence-electron chi connectivity index (χ4n) is 2.64. The van der Waals surface area contributed by atoms with Crippen LogP contribution in [0, 0.1) is 11.3 Å². The van der Waals surface area contributed by atoms with Crippen LogP contribution in [0.4, 0.5) is 4.79 Å². The molecular formula is C21H24N4O4. The molecule has 0 spiro atoms. The number of nitriles is 1. The highest BCUT2D eigenvalue weighted by atomic mass is 16.5. The number of aryl methyl sites for hydroxylation is 1. The number of hydrogen-bond acceptors (Lipinski definition) is 5. The van der Waals surface area contributed by atoms with E-state index < -0.39 is 30.1 Å². The smallest absolute Gasteiger partial charge is 0.331 e. The van der Waals surface area contributed by atoms with Gasteiger partial charge in [0, 0.05) is 40.8 Å². The lowest BCUT2D eigenvalue weighted by Gasteiger charge is -2.20. The Hall–Kier alpha value is -3.60. The second-order valence-electron chi connectivity index (χ2n) is 7.40. The Balaban J connectivity index is 1.95. The van der Waals surface area contributed by atoms with Crippen LogP contribution < -0.4 is 10.6 Å². The van der Waals surface area contributed by atoms with Crippen molar-refractivity contribution in [1.29, 1.82) is 5.26 Å². The Morgan fingerprint density at radius 2 is 1.97 bits per heavy atom. The quantitative estimate of drug-likeness (QED) is 0.576. The van der Waals surface area contributed by atoms with Crippen LogP contribution in [0.15, 0.2) is 36.5 Å². The number of carbonyl (C=O) groups excluding carboxylic acids is 3. The van der Waals surface area contributed by atoms with E-state index >= 15 is 0 Å². The zero-order valence-electron chi connectivity index (χ0n) is 16.7. The number of fused-ring (bicyclic) bond motifs is 1.